The molecular weight excluding hydrogens is 434 g/mol. The molecule has 3 aromatic rings. The first kappa shape index (κ1) is 23.0. The van der Waals surface area contributed by atoms with Crippen LogP contribution < -0.4 is 10.6 Å². The summed E-state index contributed by atoms with van der Waals surface area (Å²) < 4.78 is 1.71. The van der Waals surface area contributed by atoms with E-state index < -0.39 is 16.9 Å². The molecule has 9 nitrogen and oxygen atoms in total. The number of benzene rings is 2. The molecule has 1 heterocycles. The Balaban J connectivity index is 1.64. The number of hydrogen-bond acceptors (Lipinski definition) is 5. The maximum atomic E-state index is 12.8. The average Bonchev–Trinajstić information content (AvgIpc) is 3.25. The minimum absolute atomic E-state index is 0.0554. The van der Waals surface area contributed by atoms with Crippen LogP contribution in [0.4, 0.5) is 5.69 Å². The smallest absolute Gasteiger partial charge is 0.270 e. The monoisotopic (exact) mass is 455 g/mol. The van der Waals surface area contributed by atoms with Crippen molar-refractivity contribution in [1.29, 1.82) is 0 Å². The van der Waals surface area contributed by atoms with Gasteiger partial charge in [-0.15, -0.1) is 0 Å². The maximum absolute atomic E-state index is 12.8. The second kappa shape index (κ2) is 10.1. The number of nitrogens with one attached hydrogen (secondary N) is 2. The summed E-state index contributed by atoms with van der Waals surface area (Å²) in [5, 5.41) is 20.6. The molecule has 1 atom stereocenters. The van der Waals surface area contributed by atoms with E-state index in [1.54, 1.807) is 24.7 Å². The largest absolute Gasteiger partial charge is 0.350 e. The lowest BCUT2D eigenvalue weighted by Gasteiger charge is -2.22. The summed E-state index contributed by atoms with van der Waals surface area (Å²) in [7, 11) is 0. The van der Waals surface area contributed by atoms with Crippen LogP contribution >= 0.6 is 11.6 Å². The molecule has 32 heavy (non-hydrogen) atoms. The van der Waals surface area contributed by atoms with Crippen molar-refractivity contribution in [1.82, 2.24) is 20.4 Å². The van der Waals surface area contributed by atoms with Crippen LogP contribution in [0.1, 0.15) is 29.8 Å². The standard InChI is InChI=1S/C22H22ClN5O4/c1-14(2)20(26-21(29)18-9-8-17(28(31)32)10-19(18)23)22(30)24-11-15-12-25-27(13-15)16-6-4-3-5-7-16/h3-10,12-14,20H,11H2,1-2H3,(H,24,30)(H,26,29). The van der Waals surface area contributed by atoms with Gasteiger partial charge in [-0.05, 0) is 24.1 Å². The average molecular weight is 456 g/mol. The molecular formula is C22H22ClN5O4. The quantitative estimate of drug-likeness (QED) is 0.398. The third kappa shape index (κ3) is 5.50. The van der Waals surface area contributed by atoms with Crippen LogP contribution in [0.2, 0.25) is 5.02 Å². The number of para-hydroxylation sites is 1. The lowest BCUT2D eigenvalue weighted by Crippen LogP contribution is -2.49. The Morgan fingerprint density at radius 2 is 1.91 bits per heavy atom. The molecule has 10 heteroatoms. The van der Waals surface area contributed by atoms with Gasteiger partial charge in [0.15, 0.2) is 0 Å². The van der Waals surface area contributed by atoms with Crippen LogP contribution in [0.25, 0.3) is 5.69 Å². The molecule has 0 fully saturated rings. The molecule has 2 amide bonds. The number of nitro benzene ring substituents is 1. The van der Waals surface area contributed by atoms with E-state index in [0.717, 1.165) is 17.3 Å². The Kier molecular flexibility index (Phi) is 7.21. The van der Waals surface area contributed by atoms with E-state index >= 15 is 0 Å². The molecule has 0 aliphatic rings. The van der Waals surface area contributed by atoms with Crippen molar-refractivity contribution in [3.05, 3.63) is 87.2 Å². The number of non-ortho nitro benzene ring substituents is 1. The van der Waals surface area contributed by atoms with Crippen molar-refractivity contribution >= 4 is 29.1 Å². The zero-order valence-corrected chi connectivity index (χ0v) is 18.2. The molecule has 0 saturated carbocycles. The molecule has 1 unspecified atom stereocenters. The van der Waals surface area contributed by atoms with Crippen LogP contribution in [0, 0.1) is 16.0 Å². The van der Waals surface area contributed by atoms with E-state index in [1.165, 1.54) is 12.1 Å². The number of amides is 2. The molecule has 0 spiro atoms. The maximum Gasteiger partial charge on any atom is 0.270 e. The summed E-state index contributed by atoms with van der Waals surface area (Å²) in [5.74, 6) is -1.16. The third-order valence-corrected chi connectivity index (χ3v) is 5.08. The number of halogens is 1. The minimum Gasteiger partial charge on any atom is -0.350 e. The van der Waals surface area contributed by atoms with Crippen molar-refractivity contribution in [3.8, 4) is 5.69 Å². The highest BCUT2D eigenvalue weighted by atomic mass is 35.5. The molecule has 2 N–H and O–H groups in total. The van der Waals surface area contributed by atoms with Gasteiger partial charge in [-0.25, -0.2) is 4.68 Å². The van der Waals surface area contributed by atoms with Gasteiger partial charge in [0.05, 0.1) is 27.4 Å². The topological polar surface area (TPSA) is 119 Å². The molecule has 0 radical (unpaired) electrons. The van der Waals surface area contributed by atoms with Gasteiger partial charge in [0, 0.05) is 30.4 Å². The third-order valence-electron chi connectivity index (χ3n) is 4.77. The fourth-order valence-electron chi connectivity index (χ4n) is 3.03. The van der Waals surface area contributed by atoms with Crippen molar-refractivity contribution in [2.24, 2.45) is 5.92 Å². The fraction of sp³-hybridized carbons (Fsp3) is 0.227. The van der Waals surface area contributed by atoms with Gasteiger partial charge in [0.2, 0.25) is 5.91 Å². The molecule has 2 aromatic carbocycles. The zero-order chi connectivity index (χ0) is 23.3. The van der Waals surface area contributed by atoms with Gasteiger partial charge in [-0.2, -0.15) is 5.10 Å². The van der Waals surface area contributed by atoms with Crippen LogP contribution in [0.3, 0.4) is 0 Å². The van der Waals surface area contributed by atoms with Crippen LogP contribution in [0.15, 0.2) is 60.9 Å². The summed E-state index contributed by atoms with van der Waals surface area (Å²) in [6.45, 7) is 3.84. The molecule has 166 valence electrons. The Morgan fingerprint density at radius 1 is 1.19 bits per heavy atom. The van der Waals surface area contributed by atoms with Crippen LogP contribution in [0.5, 0.6) is 0 Å². The first-order valence-electron chi connectivity index (χ1n) is 9.87. The normalized spacial score (nSPS) is 11.8. The SMILES string of the molecule is CC(C)C(NC(=O)c1ccc([N+](=O)[O-])cc1Cl)C(=O)NCc1cnn(-c2ccccc2)c1. The molecule has 3 rings (SSSR count). The Bertz CT molecular complexity index is 1130. The Labute approximate surface area is 189 Å². The molecule has 1 aromatic heterocycles. The van der Waals surface area contributed by atoms with E-state index in [-0.39, 0.29) is 34.6 Å². The van der Waals surface area contributed by atoms with Gasteiger partial charge >= 0.3 is 0 Å². The summed E-state index contributed by atoms with van der Waals surface area (Å²) in [6, 6.07) is 12.3. The number of hydrogen-bond donors (Lipinski definition) is 2. The van der Waals surface area contributed by atoms with E-state index in [9.17, 15) is 19.7 Å². The van der Waals surface area contributed by atoms with Crippen LogP contribution in [-0.2, 0) is 11.3 Å². The molecule has 0 saturated heterocycles. The molecule has 0 bridgehead atoms. The lowest BCUT2D eigenvalue weighted by atomic mass is 10.0. The van der Waals surface area contributed by atoms with E-state index in [4.69, 9.17) is 11.6 Å². The Morgan fingerprint density at radius 3 is 2.53 bits per heavy atom. The van der Waals surface area contributed by atoms with Gasteiger partial charge in [-0.3, -0.25) is 19.7 Å². The summed E-state index contributed by atoms with van der Waals surface area (Å²) in [5.41, 5.74) is 1.53. The predicted octanol–water partition coefficient (Wildman–Crippen LogP) is 3.50. The second-order valence-corrected chi connectivity index (χ2v) is 7.87. The van der Waals surface area contributed by atoms with Crippen LogP contribution in [-0.4, -0.2) is 32.6 Å². The Hall–Kier alpha value is -3.72. The van der Waals surface area contributed by atoms with Gasteiger partial charge in [0.25, 0.3) is 11.6 Å². The van der Waals surface area contributed by atoms with Crippen molar-refractivity contribution in [2.75, 3.05) is 0 Å². The summed E-state index contributed by atoms with van der Waals surface area (Å²) in [6.07, 6.45) is 3.47. The minimum atomic E-state index is -0.821. The van der Waals surface area contributed by atoms with E-state index in [0.29, 0.717) is 0 Å². The number of nitro groups is 1. The van der Waals surface area contributed by atoms with Crippen molar-refractivity contribution in [3.63, 3.8) is 0 Å². The zero-order valence-electron chi connectivity index (χ0n) is 17.5. The fourth-order valence-corrected chi connectivity index (χ4v) is 3.29. The predicted molar refractivity (Wildman–Crippen MR) is 120 cm³/mol. The summed E-state index contributed by atoms with van der Waals surface area (Å²) >= 11 is 6.03. The number of rotatable bonds is 8. The van der Waals surface area contributed by atoms with Crippen molar-refractivity contribution < 1.29 is 14.5 Å². The van der Waals surface area contributed by atoms with Gasteiger partial charge in [-0.1, -0.05) is 43.6 Å². The highest BCUT2D eigenvalue weighted by Crippen LogP contribution is 2.22. The second-order valence-electron chi connectivity index (χ2n) is 7.46. The first-order valence-corrected chi connectivity index (χ1v) is 10.3. The highest BCUT2D eigenvalue weighted by molar-refractivity contribution is 6.34. The number of carbonyl (C=O) groups excluding carboxylic acids is 2. The van der Waals surface area contributed by atoms with E-state index in [1.807, 2.05) is 36.5 Å². The van der Waals surface area contributed by atoms with Gasteiger partial charge < -0.3 is 10.6 Å². The van der Waals surface area contributed by atoms with Crippen molar-refractivity contribution in [2.45, 2.75) is 26.4 Å². The van der Waals surface area contributed by atoms with E-state index in [2.05, 4.69) is 15.7 Å². The molecule has 0 aliphatic carbocycles. The lowest BCUT2D eigenvalue weighted by molar-refractivity contribution is -0.384. The number of nitrogens with zero attached hydrogens (tertiary/aromatic N) is 3. The summed E-state index contributed by atoms with van der Waals surface area (Å²) in [4.78, 5) is 35.6. The number of aromatic nitrogens is 2. The first-order chi connectivity index (χ1) is 15.3. The highest BCUT2D eigenvalue weighted by Gasteiger charge is 2.26. The van der Waals surface area contributed by atoms with Gasteiger partial charge in [0.1, 0.15) is 6.04 Å². The molecule has 0 aliphatic heterocycles. The number of carbonyl (C=O) groups is 2.